The summed E-state index contributed by atoms with van der Waals surface area (Å²) in [6.07, 6.45) is 4.70. The minimum absolute atomic E-state index is 0.126. The van der Waals surface area contributed by atoms with E-state index < -0.39 is 0 Å². The fourth-order valence-corrected chi connectivity index (χ4v) is 2.02. The lowest BCUT2D eigenvalue weighted by Gasteiger charge is -2.23. The average Bonchev–Trinajstić information content (AvgIpc) is 2.34. The number of nitrogens with zero attached hydrogens (tertiary/aromatic N) is 2. The molecule has 0 fully saturated rings. The summed E-state index contributed by atoms with van der Waals surface area (Å²) in [6, 6.07) is 0.429. The smallest absolute Gasteiger partial charge is 0.232 e. The molecular weight excluding hydrogens is 226 g/mol. The largest absolute Gasteiger partial charge is 0.474 e. The van der Waals surface area contributed by atoms with Crippen LogP contribution in [0.1, 0.15) is 52.7 Å². The predicted molar refractivity (Wildman–Crippen MR) is 74.0 cm³/mol. The first-order valence-corrected chi connectivity index (χ1v) is 6.80. The highest BCUT2D eigenvalue weighted by Crippen LogP contribution is 2.20. The van der Waals surface area contributed by atoms with Crippen molar-refractivity contribution in [2.45, 2.75) is 59.1 Å². The molecule has 102 valence electrons. The summed E-state index contributed by atoms with van der Waals surface area (Å²) >= 11 is 0. The van der Waals surface area contributed by atoms with E-state index in [1.807, 2.05) is 20.0 Å². The number of aromatic nitrogens is 2. The predicted octanol–water partition coefficient (Wildman–Crippen LogP) is 2.76. The van der Waals surface area contributed by atoms with Crippen LogP contribution in [0.2, 0.25) is 0 Å². The first-order valence-electron chi connectivity index (χ1n) is 6.80. The molecule has 0 aliphatic carbocycles. The number of hydrogen-bond donors (Lipinski definition) is 1. The standard InChI is InChI=1S/C14H25N3O/c1-6-12(16-7-2)11(5)13-8-15-9-14(17-13)18-10(3)4/h8-12,16H,6-7H2,1-5H3. The van der Waals surface area contributed by atoms with Gasteiger partial charge in [-0.25, -0.2) is 4.98 Å². The van der Waals surface area contributed by atoms with Gasteiger partial charge in [-0.1, -0.05) is 20.8 Å². The van der Waals surface area contributed by atoms with Gasteiger partial charge in [0.25, 0.3) is 0 Å². The van der Waals surface area contributed by atoms with Crippen LogP contribution < -0.4 is 10.1 Å². The molecule has 1 N–H and O–H groups in total. The van der Waals surface area contributed by atoms with Gasteiger partial charge in [0.1, 0.15) is 0 Å². The molecule has 0 saturated carbocycles. The molecule has 2 atom stereocenters. The van der Waals surface area contributed by atoms with Crippen molar-refractivity contribution in [1.82, 2.24) is 15.3 Å². The molecule has 1 heterocycles. The van der Waals surface area contributed by atoms with Crippen LogP contribution in [0.5, 0.6) is 5.88 Å². The second-order valence-electron chi connectivity index (χ2n) is 4.81. The normalized spacial score (nSPS) is 14.6. The third-order valence-electron chi connectivity index (χ3n) is 2.96. The molecule has 0 aliphatic heterocycles. The van der Waals surface area contributed by atoms with Crippen LogP contribution in [0.3, 0.4) is 0 Å². The van der Waals surface area contributed by atoms with Crippen molar-refractivity contribution < 1.29 is 4.74 Å². The molecule has 0 amide bonds. The van der Waals surface area contributed by atoms with E-state index in [1.54, 1.807) is 6.20 Å². The van der Waals surface area contributed by atoms with Gasteiger partial charge in [-0.3, -0.25) is 4.98 Å². The fraction of sp³-hybridized carbons (Fsp3) is 0.714. The maximum absolute atomic E-state index is 5.58. The maximum Gasteiger partial charge on any atom is 0.232 e. The Kier molecular flexibility index (Phi) is 6.05. The first-order chi connectivity index (χ1) is 8.58. The summed E-state index contributed by atoms with van der Waals surface area (Å²) in [5, 5.41) is 3.48. The minimum atomic E-state index is 0.126. The molecule has 0 bridgehead atoms. The summed E-state index contributed by atoms with van der Waals surface area (Å²) in [5.41, 5.74) is 0.987. The topological polar surface area (TPSA) is 47.0 Å². The van der Waals surface area contributed by atoms with E-state index in [0.717, 1.165) is 18.7 Å². The molecule has 0 radical (unpaired) electrons. The lowest BCUT2D eigenvalue weighted by molar-refractivity contribution is 0.230. The Balaban J connectivity index is 2.81. The van der Waals surface area contributed by atoms with E-state index in [2.05, 4.69) is 36.1 Å². The van der Waals surface area contributed by atoms with Crippen LogP contribution in [-0.2, 0) is 0 Å². The molecule has 0 aromatic carbocycles. The van der Waals surface area contributed by atoms with Crippen LogP contribution >= 0.6 is 0 Å². The monoisotopic (exact) mass is 251 g/mol. The van der Waals surface area contributed by atoms with E-state index in [1.165, 1.54) is 0 Å². The maximum atomic E-state index is 5.58. The summed E-state index contributed by atoms with van der Waals surface area (Å²) in [7, 11) is 0. The molecule has 18 heavy (non-hydrogen) atoms. The van der Waals surface area contributed by atoms with Gasteiger partial charge in [-0.2, -0.15) is 0 Å². The van der Waals surface area contributed by atoms with E-state index in [9.17, 15) is 0 Å². The van der Waals surface area contributed by atoms with Crippen molar-refractivity contribution in [2.75, 3.05) is 6.54 Å². The zero-order valence-electron chi connectivity index (χ0n) is 12.1. The Hall–Kier alpha value is -1.16. The lowest BCUT2D eigenvalue weighted by atomic mass is 9.96. The molecule has 1 aromatic rings. The molecule has 0 saturated heterocycles. The van der Waals surface area contributed by atoms with Crippen LogP contribution in [0.15, 0.2) is 12.4 Å². The number of ether oxygens (including phenoxy) is 1. The van der Waals surface area contributed by atoms with Crippen molar-refractivity contribution in [3.8, 4) is 5.88 Å². The van der Waals surface area contributed by atoms with Gasteiger partial charge in [0.05, 0.1) is 18.0 Å². The number of hydrogen-bond acceptors (Lipinski definition) is 4. The molecule has 0 aliphatic rings. The van der Waals surface area contributed by atoms with Crippen LogP contribution in [0.4, 0.5) is 0 Å². The summed E-state index contributed by atoms with van der Waals surface area (Å²) in [5.74, 6) is 0.943. The molecule has 1 rings (SSSR count). The Morgan fingerprint density at radius 2 is 1.94 bits per heavy atom. The number of nitrogens with one attached hydrogen (secondary N) is 1. The molecule has 0 spiro atoms. The van der Waals surface area contributed by atoms with E-state index in [0.29, 0.717) is 17.8 Å². The highest BCUT2D eigenvalue weighted by atomic mass is 16.5. The second-order valence-corrected chi connectivity index (χ2v) is 4.81. The van der Waals surface area contributed by atoms with Crippen molar-refractivity contribution in [3.05, 3.63) is 18.1 Å². The van der Waals surface area contributed by atoms with Gasteiger partial charge in [-0.15, -0.1) is 0 Å². The Bertz CT molecular complexity index is 355. The van der Waals surface area contributed by atoms with Gasteiger partial charge in [0, 0.05) is 18.2 Å². The highest BCUT2D eigenvalue weighted by molar-refractivity contribution is 5.13. The van der Waals surface area contributed by atoms with Crippen LogP contribution in [0.25, 0.3) is 0 Å². The molecule has 2 unspecified atom stereocenters. The van der Waals surface area contributed by atoms with Gasteiger partial charge >= 0.3 is 0 Å². The summed E-state index contributed by atoms with van der Waals surface area (Å²) in [4.78, 5) is 8.76. The quantitative estimate of drug-likeness (QED) is 0.809. The van der Waals surface area contributed by atoms with Crippen molar-refractivity contribution in [3.63, 3.8) is 0 Å². The lowest BCUT2D eigenvalue weighted by Crippen LogP contribution is -2.33. The SMILES string of the molecule is CCNC(CC)C(C)c1cncc(OC(C)C)n1. The van der Waals surface area contributed by atoms with Gasteiger partial charge in [-0.05, 0) is 26.8 Å². The third-order valence-corrected chi connectivity index (χ3v) is 2.96. The zero-order valence-corrected chi connectivity index (χ0v) is 12.1. The van der Waals surface area contributed by atoms with Crippen LogP contribution in [0, 0.1) is 0 Å². The average molecular weight is 251 g/mol. The molecular formula is C14H25N3O. The Morgan fingerprint density at radius 1 is 1.22 bits per heavy atom. The Morgan fingerprint density at radius 3 is 2.50 bits per heavy atom. The van der Waals surface area contributed by atoms with Gasteiger partial charge in [0.15, 0.2) is 0 Å². The van der Waals surface area contributed by atoms with Gasteiger partial charge in [0.2, 0.25) is 5.88 Å². The van der Waals surface area contributed by atoms with E-state index >= 15 is 0 Å². The van der Waals surface area contributed by atoms with E-state index in [-0.39, 0.29) is 6.10 Å². The first kappa shape index (κ1) is 14.9. The number of rotatable bonds is 7. The van der Waals surface area contributed by atoms with Gasteiger partial charge < -0.3 is 10.1 Å². The third kappa shape index (κ3) is 4.26. The van der Waals surface area contributed by atoms with E-state index in [4.69, 9.17) is 4.74 Å². The summed E-state index contributed by atoms with van der Waals surface area (Å²) in [6.45, 7) is 11.4. The van der Waals surface area contributed by atoms with Crippen molar-refractivity contribution in [1.29, 1.82) is 0 Å². The van der Waals surface area contributed by atoms with Crippen molar-refractivity contribution in [2.24, 2.45) is 0 Å². The minimum Gasteiger partial charge on any atom is -0.474 e. The second kappa shape index (κ2) is 7.31. The molecule has 4 heteroatoms. The Labute approximate surface area is 110 Å². The van der Waals surface area contributed by atoms with Crippen LogP contribution in [-0.4, -0.2) is 28.7 Å². The summed E-state index contributed by atoms with van der Waals surface area (Å²) < 4.78 is 5.58. The molecule has 4 nitrogen and oxygen atoms in total. The zero-order chi connectivity index (χ0) is 13.5. The number of likely N-dealkylation sites (N-methyl/N-ethyl adjacent to an activating group) is 1. The van der Waals surface area contributed by atoms with Crippen molar-refractivity contribution >= 4 is 0 Å². The molecule has 1 aromatic heterocycles. The highest BCUT2D eigenvalue weighted by Gasteiger charge is 2.18. The fourth-order valence-electron chi connectivity index (χ4n) is 2.02.